The van der Waals surface area contributed by atoms with Gasteiger partial charge < -0.3 is 25.2 Å². The average molecular weight is 616 g/mol. The Morgan fingerprint density at radius 1 is 1.19 bits per heavy atom. The maximum atomic E-state index is 13.8. The summed E-state index contributed by atoms with van der Waals surface area (Å²) in [4.78, 5) is 13.3. The van der Waals surface area contributed by atoms with Gasteiger partial charge in [0.1, 0.15) is 12.0 Å². The molecular formula is C29H38ClF4N5O3. The number of hydrogen-bond acceptors (Lipinski definition) is 8. The molecule has 0 bridgehead atoms. The lowest BCUT2D eigenvalue weighted by Gasteiger charge is -2.38. The summed E-state index contributed by atoms with van der Waals surface area (Å²) in [5.41, 5.74) is 6.11. The van der Waals surface area contributed by atoms with Crippen molar-refractivity contribution in [3.63, 3.8) is 0 Å². The van der Waals surface area contributed by atoms with E-state index in [0.717, 1.165) is 32.0 Å². The number of alkyl halides is 4. The largest absolute Gasteiger partial charge is 0.467 e. The van der Waals surface area contributed by atoms with Crippen molar-refractivity contribution in [3.05, 3.63) is 39.5 Å². The predicted octanol–water partition coefficient (Wildman–Crippen LogP) is 5.20. The van der Waals surface area contributed by atoms with E-state index in [9.17, 15) is 22.7 Å². The van der Waals surface area contributed by atoms with Gasteiger partial charge in [-0.25, -0.2) is 4.39 Å². The van der Waals surface area contributed by atoms with Crippen LogP contribution in [0, 0.1) is 11.8 Å². The maximum Gasteiger partial charge on any atom is 0.418 e. The van der Waals surface area contributed by atoms with E-state index in [1.54, 1.807) is 0 Å². The number of ether oxygens (including phenoxy) is 2. The Balaban J connectivity index is 0.000000330. The number of anilines is 2. The summed E-state index contributed by atoms with van der Waals surface area (Å²) in [7, 11) is 1.44. The summed E-state index contributed by atoms with van der Waals surface area (Å²) in [6.07, 6.45) is -1.80. The summed E-state index contributed by atoms with van der Waals surface area (Å²) >= 11 is 5.93. The first kappa shape index (κ1) is 31.0. The summed E-state index contributed by atoms with van der Waals surface area (Å²) in [5.74, 6) is 1.07. The molecule has 5 unspecified atom stereocenters. The fourth-order valence-corrected chi connectivity index (χ4v) is 7.14. The zero-order valence-electron chi connectivity index (χ0n) is 23.8. The van der Waals surface area contributed by atoms with E-state index in [2.05, 4.69) is 26.7 Å². The molecule has 6 rings (SSSR count). The lowest BCUT2D eigenvalue weighted by Crippen LogP contribution is -2.42. The van der Waals surface area contributed by atoms with E-state index in [1.807, 2.05) is 0 Å². The van der Waals surface area contributed by atoms with Gasteiger partial charge in [-0.2, -0.15) is 23.1 Å². The molecule has 2 aromatic rings. The van der Waals surface area contributed by atoms with E-state index >= 15 is 0 Å². The molecule has 4 aliphatic rings. The van der Waals surface area contributed by atoms with Crippen LogP contribution in [0.2, 0.25) is 5.02 Å². The van der Waals surface area contributed by atoms with E-state index in [-0.39, 0.29) is 42.8 Å². The number of hydrogen-bond donors (Lipinski definition) is 2. The standard InChI is InChI=1S/C22H26ClF3N4O3.C7H12FN/c1-11-3-12(9-31)8-30(7-11)20-15-10-33-18(6-17(15)28-21(29-20)32-2)14-4-13(27)5-16(23)19(14)22(24,25)26;8-6-4-7-2-1-3-9(7)5-6/h4-5,11-12,18,31H,3,6-10,27H2,1-2H3;6-7H,1-5H2. The van der Waals surface area contributed by atoms with Crippen LogP contribution in [-0.2, 0) is 23.9 Å². The van der Waals surface area contributed by atoms with Gasteiger partial charge in [0, 0.05) is 50.0 Å². The van der Waals surface area contributed by atoms with E-state index in [4.69, 9.17) is 26.8 Å². The van der Waals surface area contributed by atoms with Gasteiger partial charge in [0.2, 0.25) is 0 Å². The van der Waals surface area contributed by atoms with Crippen molar-refractivity contribution in [3.8, 4) is 6.01 Å². The molecule has 1 aromatic heterocycles. The molecule has 3 N–H and O–H groups in total. The molecule has 5 atom stereocenters. The van der Waals surface area contributed by atoms with Crippen molar-refractivity contribution in [1.82, 2.24) is 14.9 Å². The Labute approximate surface area is 248 Å². The molecule has 1 aromatic carbocycles. The molecule has 3 saturated heterocycles. The zero-order chi connectivity index (χ0) is 30.2. The number of nitrogen functional groups attached to an aromatic ring is 1. The number of aromatic nitrogens is 2. The van der Waals surface area contributed by atoms with Gasteiger partial charge in [-0.3, -0.25) is 4.90 Å². The third-order valence-corrected chi connectivity index (χ3v) is 8.88. The number of aliphatic hydroxyl groups is 1. The highest BCUT2D eigenvalue weighted by atomic mass is 35.5. The molecule has 0 saturated carbocycles. The average Bonchev–Trinajstić information content (AvgIpc) is 3.51. The molecule has 13 heteroatoms. The molecule has 4 aliphatic heterocycles. The number of fused-ring (bicyclic) bond motifs is 2. The Morgan fingerprint density at radius 2 is 1.98 bits per heavy atom. The highest BCUT2D eigenvalue weighted by molar-refractivity contribution is 6.31. The second-order valence-corrected chi connectivity index (χ2v) is 12.3. The number of aliphatic hydroxyl groups excluding tert-OH is 1. The first-order valence-corrected chi connectivity index (χ1v) is 14.8. The van der Waals surface area contributed by atoms with Crippen LogP contribution in [0.3, 0.4) is 0 Å². The van der Waals surface area contributed by atoms with Crippen molar-refractivity contribution in [1.29, 1.82) is 0 Å². The van der Waals surface area contributed by atoms with Crippen LogP contribution >= 0.6 is 11.6 Å². The molecule has 42 heavy (non-hydrogen) atoms. The number of rotatable bonds is 4. The zero-order valence-corrected chi connectivity index (χ0v) is 24.6. The second-order valence-electron chi connectivity index (χ2n) is 11.8. The molecule has 0 radical (unpaired) electrons. The van der Waals surface area contributed by atoms with Gasteiger partial charge in [-0.05, 0) is 61.8 Å². The van der Waals surface area contributed by atoms with E-state index in [1.165, 1.54) is 26.0 Å². The van der Waals surface area contributed by atoms with Crippen LogP contribution in [0.4, 0.5) is 29.1 Å². The third kappa shape index (κ3) is 6.71. The molecule has 3 fully saturated rings. The lowest BCUT2D eigenvalue weighted by molar-refractivity contribution is -0.139. The Hall–Kier alpha value is -2.41. The molecule has 5 heterocycles. The Morgan fingerprint density at radius 3 is 2.67 bits per heavy atom. The molecule has 232 valence electrons. The van der Waals surface area contributed by atoms with Crippen LogP contribution in [-0.4, -0.2) is 72.1 Å². The summed E-state index contributed by atoms with van der Waals surface area (Å²) in [6.45, 7) is 5.40. The lowest BCUT2D eigenvalue weighted by atomic mass is 9.90. The van der Waals surface area contributed by atoms with Gasteiger partial charge in [0.05, 0.1) is 36.1 Å². The Bertz CT molecular complexity index is 1260. The highest BCUT2D eigenvalue weighted by Gasteiger charge is 2.40. The van der Waals surface area contributed by atoms with Gasteiger partial charge in [0.25, 0.3) is 0 Å². The highest BCUT2D eigenvalue weighted by Crippen LogP contribution is 2.44. The minimum atomic E-state index is -4.67. The number of halogens is 5. The van der Waals surface area contributed by atoms with Crippen LogP contribution in [0.1, 0.15) is 61.1 Å². The molecule has 0 aliphatic carbocycles. The van der Waals surface area contributed by atoms with E-state index < -0.39 is 29.0 Å². The molecular weight excluding hydrogens is 578 g/mol. The Kier molecular flexibility index (Phi) is 9.36. The van der Waals surface area contributed by atoms with Gasteiger partial charge in [0.15, 0.2) is 0 Å². The third-order valence-electron chi connectivity index (χ3n) is 8.58. The van der Waals surface area contributed by atoms with Crippen LogP contribution in [0.25, 0.3) is 0 Å². The van der Waals surface area contributed by atoms with Gasteiger partial charge in [-0.15, -0.1) is 0 Å². The fourth-order valence-electron chi connectivity index (χ4n) is 6.80. The van der Waals surface area contributed by atoms with Crippen molar-refractivity contribution in [2.75, 3.05) is 50.5 Å². The first-order chi connectivity index (χ1) is 20.0. The minimum absolute atomic E-state index is 0.0255. The first-order valence-electron chi connectivity index (χ1n) is 14.4. The van der Waals surface area contributed by atoms with Gasteiger partial charge in [-0.1, -0.05) is 18.5 Å². The van der Waals surface area contributed by atoms with Crippen molar-refractivity contribution >= 4 is 23.1 Å². The smallest absolute Gasteiger partial charge is 0.418 e. The topological polar surface area (TPSA) is 97.0 Å². The summed E-state index contributed by atoms with van der Waals surface area (Å²) < 4.78 is 65.1. The van der Waals surface area contributed by atoms with Crippen LogP contribution < -0.4 is 15.4 Å². The number of methoxy groups -OCH3 is 1. The molecule has 0 spiro atoms. The fraction of sp³-hybridized carbons (Fsp3) is 0.655. The van der Waals surface area contributed by atoms with Crippen LogP contribution in [0.15, 0.2) is 12.1 Å². The number of nitrogens with zero attached hydrogens (tertiary/aromatic N) is 4. The minimum Gasteiger partial charge on any atom is -0.467 e. The van der Waals surface area contributed by atoms with Crippen molar-refractivity contribution in [2.24, 2.45) is 11.8 Å². The number of benzene rings is 1. The second kappa shape index (κ2) is 12.7. The maximum absolute atomic E-state index is 13.8. The normalized spacial score (nSPS) is 27.7. The molecule has 0 amide bonds. The summed E-state index contributed by atoms with van der Waals surface area (Å²) in [6, 6.07) is 3.08. The number of piperidine rings is 1. The predicted molar refractivity (Wildman–Crippen MR) is 151 cm³/mol. The van der Waals surface area contributed by atoms with Crippen molar-refractivity contribution < 1.29 is 32.1 Å². The summed E-state index contributed by atoms with van der Waals surface area (Å²) in [5, 5.41) is 9.22. The SMILES string of the molecule is COc1nc2c(c(N3CC(C)CC(CO)C3)n1)COC(c1cc(N)cc(Cl)c1C(F)(F)F)C2.FC1CC2CCCN2C1. The monoisotopic (exact) mass is 615 g/mol. The van der Waals surface area contributed by atoms with Gasteiger partial charge >= 0.3 is 12.2 Å². The quantitative estimate of drug-likeness (QED) is 0.358. The van der Waals surface area contributed by atoms with E-state index in [0.29, 0.717) is 42.1 Å². The number of nitrogens with two attached hydrogens (primary N) is 1. The molecule has 8 nitrogen and oxygen atoms in total. The van der Waals surface area contributed by atoms with Crippen molar-refractivity contribution in [2.45, 2.75) is 70.1 Å². The van der Waals surface area contributed by atoms with Crippen LogP contribution in [0.5, 0.6) is 6.01 Å².